The van der Waals surface area contributed by atoms with Crippen LogP contribution in [0.3, 0.4) is 0 Å². The predicted octanol–water partition coefficient (Wildman–Crippen LogP) is -7.86. The van der Waals surface area contributed by atoms with Crippen LogP contribution in [0, 0.1) is 0 Å². The number of anilines is 1. The number of phosphoric ester groups is 1. The maximum Gasteiger partial charge on any atom is 1.00 e. The number of hydrogen-bond donors (Lipinski definition) is 4. The number of rotatable bonds is 8. The van der Waals surface area contributed by atoms with Gasteiger partial charge >= 0.3 is 66.9 Å². The number of phosphoric acid groups is 3. The van der Waals surface area contributed by atoms with Crippen molar-refractivity contribution in [1.29, 1.82) is 0 Å². The molecule has 3 rings (SSSR count). The van der Waals surface area contributed by atoms with Crippen LogP contribution in [0.4, 0.5) is 5.82 Å². The maximum atomic E-state index is 11.7. The molecule has 1 saturated heterocycles. The van der Waals surface area contributed by atoms with Crippen molar-refractivity contribution < 1.29 is 115 Å². The van der Waals surface area contributed by atoms with Gasteiger partial charge in [-0.1, -0.05) is 0 Å². The van der Waals surface area contributed by atoms with Gasteiger partial charge in [0, 0.05) is 6.42 Å². The Morgan fingerprint density at radius 3 is 2.47 bits per heavy atom. The van der Waals surface area contributed by atoms with Crippen LogP contribution in [-0.4, -0.2) is 53.2 Å². The van der Waals surface area contributed by atoms with Crippen molar-refractivity contribution in [2.45, 2.75) is 24.9 Å². The first-order valence-electron chi connectivity index (χ1n) is 7.78. The molecule has 1 aliphatic rings. The molecule has 5 N–H and O–H groups in total. The monoisotopic (exact) mass is 535 g/mol. The largest absolute Gasteiger partial charge is 1.00 e. The van der Waals surface area contributed by atoms with Crippen LogP contribution in [0.15, 0.2) is 12.7 Å². The van der Waals surface area contributed by atoms with E-state index in [1.807, 2.05) is 0 Å². The van der Waals surface area contributed by atoms with E-state index >= 15 is 0 Å². The minimum Gasteiger partial charge on any atom is -0.756 e. The fraction of sp³-hybridized carbons (Fsp3) is 0.500. The maximum absolute atomic E-state index is 11.7. The number of aromatic nitrogens is 4. The molecule has 2 aromatic rings. The van der Waals surface area contributed by atoms with Gasteiger partial charge in [-0.3, -0.25) is 18.2 Å². The van der Waals surface area contributed by atoms with Gasteiger partial charge in [-0.15, -0.1) is 0 Å². The molecule has 0 bridgehead atoms. The van der Waals surface area contributed by atoms with E-state index in [0.717, 1.165) is 0 Å². The molecule has 0 saturated carbocycles. The summed E-state index contributed by atoms with van der Waals surface area (Å²) in [7, 11) is -17.2. The molecule has 0 aromatic carbocycles. The molecule has 3 heterocycles. The van der Waals surface area contributed by atoms with Crippen molar-refractivity contribution in [1.82, 2.24) is 19.5 Å². The van der Waals surface area contributed by atoms with Gasteiger partial charge in [0.1, 0.15) is 24.2 Å². The SMILES string of the molecule is Nc1ncnc2c1ncn2C1C[C@H](O)[C@@H](COP(=O)(O)OP(=O)([O-])OP(=O)([O-])O)O1.[Na+].[Na+]. The van der Waals surface area contributed by atoms with E-state index in [-0.39, 0.29) is 76.9 Å². The molecule has 0 aliphatic carbocycles. The Labute approximate surface area is 223 Å². The molecule has 0 radical (unpaired) electrons. The standard InChI is InChI=1S/C10H16N5O12P3.2Na/c11-9-8-10(13-3-12-9)15(4-14-8)7-1-5(16)6(25-7)2-24-29(20,21)27-30(22,23)26-28(17,18)19;;/h3-7,16H,1-2H2,(H,20,21)(H,22,23)(H2,11,12,13)(H2,17,18,19);;/q;2*+1/p-2/t5-,6+,7?;;/m0../s1. The second kappa shape index (κ2) is 11.6. The third-order valence-corrected chi connectivity index (χ3v) is 7.44. The van der Waals surface area contributed by atoms with E-state index in [9.17, 15) is 33.5 Å². The van der Waals surface area contributed by atoms with Gasteiger partial charge in [0.15, 0.2) is 11.5 Å². The minimum atomic E-state index is -5.95. The Bertz CT molecular complexity index is 1080. The summed E-state index contributed by atoms with van der Waals surface area (Å²) < 4.78 is 51.5. The smallest absolute Gasteiger partial charge is 0.756 e. The van der Waals surface area contributed by atoms with E-state index in [2.05, 4.69) is 28.1 Å². The van der Waals surface area contributed by atoms with E-state index in [1.54, 1.807) is 0 Å². The fourth-order valence-electron chi connectivity index (χ4n) is 2.58. The van der Waals surface area contributed by atoms with E-state index in [0.29, 0.717) is 5.65 Å². The van der Waals surface area contributed by atoms with Crippen molar-refractivity contribution in [2.75, 3.05) is 12.3 Å². The summed E-state index contributed by atoms with van der Waals surface area (Å²) >= 11 is 0. The van der Waals surface area contributed by atoms with Crippen molar-refractivity contribution in [3.63, 3.8) is 0 Å². The summed E-state index contributed by atoms with van der Waals surface area (Å²) in [5.74, 6) is 0.116. The Balaban J connectivity index is 0.00000256. The van der Waals surface area contributed by atoms with Crippen LogP contribution in [0.1, 0.15) is 12.6 Å². The molecular formula is C10H14N5Na2O12P3. The number of hydrogen-bond acceptors (Lipinski definition) is 14. The molecule has 1 fully saturated rings. The summed E-state index contributed by atoms with van der Waals surface area (Å²) in [4.78, 5) is 51.2. The van der Waals surface area contributed by atoms with Gasteiger partial charge in [-0.25, -0.2) is 28.1 Å². The number of ether oxygens (including phenoxy) is 1. The van der Waals surface area contributed by atoms with E-state index in [4.69, 9.17) is 15.4 Å². The average Bonchev–Trinajstić information content (AvgIpc) is 3.14. The summed E-state index contributed by atoms with van der Waals surface area (Å²) in [6.07, 6.45) is -0.767. The normalized spacial score (nSPS) is 26.3. The summed E-state index contributed by atoms with van der Waals surface area (Å²) in [5, 5.41) is 10.1. The molecule has 4 unspecified atom stereocenters. The van der Waals surface area contributed by atoms with E-state index in [1.165, 1.54) is 17.2 Å². The molecular weight excluding hydrogens is 521 g/mol. The Morgan fingerprint density at radius 2 is 1.84 bits per heavy atom. The number of nitrogen functional groups attached to an aromatic ring is 1. The van der Waals surface area contributed by atoms with Crippen LogP contribution in [-0.2, 0) is 31.6 Å². The topological polar surface area (TPSA) is 265 Å². The number of nitrogens with two attached hydrogens (primary N) is 1. The number of imidazole rings is 1. The third-order valence-electron chi connectivity index (χ3n) is 3.71. The average molecular weight is 535 g/mol. The zero-order valence-electron chi connectivity index (χ0n) is 16.5. The third kappa shape index (κ3) is 8.12. The van der Waals surface area contributed by atoms with Crippen LogP contribution in [0.5, 0.6) is 0 Å². The second-order valence-corrected chi connectivity index (χ2v) is 10.2. The van der Waals surface area contributed by atoms with Crippen molar-refractivity contribution in [3.05, 3.63) is 12.7 Å². The first-order valence-corrected chi connectivity index (χ1v) is 12.2. The van der Waals surface area contributed by atoms with Gasteiger partial charge in [-0.05, 0) is 0 Å². The van der Waals surface area contributed by atoms with Crippen LogP contribution >= 0.6 is 23.5 Å². The fourth-order valence-corrected chi connectivity index (χ4v) is 5.51. The minimum absolute atomic E-state index is 0. The zero-order valence-corrected chi connectivity index (χ0v) is 23.2. The first kappa shape index (κ1) is 30.7. The van der Waals surface area contributed by atoms with Gasteiger partial charge in [-0.2, -0.15) is 0 Å². The second-order valence-electron chi connectivity index (χ2n) is 5.86. The molecule has 17 nitrogen and oxygen atoms in total. The molecule has 1 aliphatic heterocycles. The van der Waals surface area contributed by atoms with Crippen molar-refractivity contribution >= 4 is 40.4 Å². The quantitative estimate of drug-likeness (QED) is 0.181. The molecule has 0 spiro atoms. The van der Waals surface area contributed by atoms with Crippen LogP contribution in [0.2, 0.25) is 0 Å². The zero-order chi connectivity index (χ0) is 22.3. The van der Waals surface area contributed by atoms with Gasteiger partial charge in [0.2, 0.25) is 0 Å². The van der Waals surface area contributed by atoms with Crippen LogP contribution < -0.4 is 74.6 Å². The number of nitrogens with zero attached hydrogens (tertiary/aromatic N) is 4. The van der Waals surface area contributed by atoms with Gasteiger partial charge < -0.3 is 35.2 Å². The Morgan fingerprint density at radius 1 is 1.19 bits per heavy atom. The van der Waals surface area contributed by atoms with Crippen molar-refractivity contribution in [3.8, 4) is 0 Å². The number of aliphatic hydroxyl groups excluding tert-OH is 1. The van der Waals surface area contributed by atoms with Gasteiger partial charge in [0.25, 0.3) is 15.6 Å². The first-order chi connectivity index (χ1) is 13.8. The number of aliphatic hydroxyl groups is 1. The molecule has 168 valence electrons. The van der Waals surface area contributed by atoms with Crippen molar-refractivity contribution in [2.24, 2.45) is 0 Å². The Kier molecular flexibility index (Phi) is 11.1. The summed E-state index contributed by atoms with van der Waals surface area (Å²) in [6, 6.07) is 0. The van der Waals surface area contributed by atoms with E-state index < -0.39 is 48.5 Å². The summed E-state index contributed by atoms with van der Waals surface area (Å²) in [5.41, 5.74) is 6.27. The van der Waals surface area contributed by atoms with Crippen LogP contribution in [0.25, 0.3) is 11.2 Å². The number of fused-ring (bicyclic) bond motifs is 1. The molecule has 0 amide bonds. The molecule has 6 atom stereocenters. The van der Waals surface area contributed by atoms with Gasteiger partial charge in [0.05, 0.1) is 19.0 Å². The molecule has 22 heteroatoms. The molecule has 2 aromatic heterocycles. The predicted molar refractivity (Wildman–Crippen MR) is 89.6 cm³/mol. The summed E-state index contributed by atoms with van der Waals surface area (Å²) in [6.45, 7) is -0.830. The molecule has 32 heavy (non-hydrogen) atoms. The Hall–Kier alpha value is 0.680.